The minimum Gasteiger partial charge on any atom is -0.496 e. The van der Waals surface area contributed by atoms with E-state index in [0.717, 1.165) is 28.9 Å². The minimum absolute atomic E-state index is 0.534. The molecule has 0 radical (unpaired) electrons. The fourth-order valence-corrected chi connectivity index (χ4v) is 3.44. The molecule has 3 nitrogen and oxygen atoms in total. The lowest BCUT2D eigenvalue weighted by Crippen LogP contribution is -2.29. The second kappa shape index (κ2) is 5.82. The highest BCUT2D eigenvalue weighted by atomic mass is 16.5. The topological polar surface area (TPSA) is 49.7 Å². The van der Waals surface area contributed by atoms with Gasteiger partial charge in [0.05, 0.1) is 7.11 Å². The number of ether oxygens (including phenoxy) is 1. The van der Waals surface area contributed by atoms with Crippen molar-refractivity contribution in [3.8, 4) is 28.0 Å². The van der Waals surface area contributed by atoms with Crippen LogP contribution in [0.15, 0.2) is 60.7 Å². The summed E-state index contributed by atoms with van der Waals surface area (Å²) in [5.41, 5.74) is 7.49. The van der Waals surface area contributed by atoms with E-state index in [2.05, 4.69) is 24.3 Å². The van der Waals surface area contributed by atoms with Crippen LogP contribution in [0.1, 0.15) is 11.1 Å². The normalized spacial score (nSPS) is 11.8. The first kappa shape index (κ1) is 15.0. The molecule has 3 aromatic rings. The van der Waals surface area contributed by atoms with E-state index >= 15 is 0 Å². The fourth-order valence-electron chi connectivity index (χ4n) is 3.44. The fraction of sp³-hybridized carbons (Fsp3) is 0.100. The van der Waals surface area contributed by atoms with Crippen LogP contribution in [0.5, 0.6) is 5.75 Å². The summed E-state index contributed by atoms with van der Waals surface area (Å²) in [6.45, 7) is 0. The summed E-state index contributed by atoms with van der Waals surface area (Å²) in [6, 6.07) is 20.1. The number of rotatable bonds is 3. The molecule has 1 aliphatic rings. The smallest absolute Gasteiger partial charge is 0.488 e. The summed E-state index contributed by atoms with van der Waals surface area (Å²) < 4.78 is 5.47. The van der Waals surface area contributed by atoms with E-state index in [0.29, 0.717) is 5.46 Å². The van der Waals surface area contributed by atoms with Gasteiger partial charge in [-0.05, 0) is 45.8 Å². The molecular formula is C20H17BO3. The van der Waals surface area contributed by atoms with Crippen LogP contribution in [0, 0.1) is 0 Å². The summed E-state index contributed by atoms with van der Waals surface area (Å²) in [6.07, 6.45) is 0.800. The van der Waals surface area contributed by atoms with E-state index in [4.69, 9.17) is 4.74 Å². The Morgan fingerprint density at radius 2 is 1.54 bits per heavy atom. The Kier molecular flexibility index (Phi) is 3.64. The van der Waals surface area contributed by atoms with Gasteiger partial charge in [-0.25, -0.2) is 0 Å². The number of benzene rings is 3. The molecule has 2 N–H and O–H groups in total. The second-order valence-electron chi connectivity index (χ2n) is 6.04. The van der Waals surface area contributed by atoms with Crippen molar-refractivity contribution in [1.82, 2.24) is 0 Å². The third-order valence-electron chi connectivity index (χ3n) is 4.62. The number of para-hydroxylation sites is 1. The van der Waals surface area contributed by atoms with Crippen LogP contribution in [0.4, 0.5) is 0 Å². The maximum Gasteiger partial charge on any atom is 0.488 e. The third kappa shape index (κ3) is 2.41. The molecule has 0 unspecified atom stereocenters. The summed E-state index contributed by atoms with van der Waals surface area (Å²) in [5, 5.41) is 18.7. The maximum atomic E-state index is 9.36. The van der Waals surface area contributed by atoms with Gasteiger partial charge in [-0.1, -0.05) is 54.6 Å². The van der Waals surface area contributed by atoms with Crippen LogP contribution in [0.3, 0.4) is 0 Å². The van der Waals surface area contributed by atoms with Crippen LogP contribution in [0.2, 0.25) is 0 Å². The molecule has 0 heterocycles. The zero-order valence-electron chi connectivity index (χ0n) is 13.4. The molecule has 0 fully saturated rings. The SMILES string of the molecule is COc1ccccc1-c1ccc2c(c1)Cc1cc(B(O)O)ccc1-2. The van der Waals surface area contributed by atoms with Gasteiger partial charge in [0.1, 0.15) is 5.75 Å². The lowest BCUT2D eigenvalue weighted by molar-refractivity contribution is 0.416. The molecule has 0 saturated carbocycles. The standard InChI is InChI=1S/C20H17BO3/c1-24-20-5-3-2-4-19(20)13-6-8-17-14(10-13)11-15-12-16(21(22)23)7-9-18(15)17/h2-10,12,22-23H,11H2,1H3. The van der Waals surface area contributed by atoms with Gasteiger partial charge < -0.3 is 14.8 Å². The van der Waals surface area contributed by atoms with Gasteiger partial charge in [0.2, 0.25) is 0 Å². The van der Waals surface area contributed by atoms with E-state index in [1.54, 1.807) is 13.2 Å². The van der Waals surface area contributed by atoms with Crippen LogP contribution >= 0.6 is 0 Å². The Bertz CT molecular complexity index is 919. The molecule has 4 rings (SSSR count). The molecule has 0 spiro atoms. The highest BCUT2D eigenvalue weighted by Gasteiger charge is 2.22. The Morgan fingerprint density at radius 1 is 0.833 bits per heavy atom. The molecule has 0 saturated heterocycles. The third-order valence-corrected chi connectivity index (χ3v) is 4.62. The van der Waals surface area contributed by atoms with Gasteiger partial charge in [-0.15, -0.1) is 0 Å². The van der Waals surface area contributed by atoms with Gasteiger partial charge in [0.25, 0.3) is 0 Å². The predicted octanol–water partition coefficient (Wildman–Crippen LogP) is 2.61. The first-order chi connectivity index (χ1) is 11.7. The van der Waals surface area contributed by atoms with Gasteiger partial charge in [0.15, 0.2) is 0 Å². The predicted molar refractivity (Wildman–Crippen MR) is 96.5 cm³/mol. The Balaban J connectivity index is 1.77. The molecule has 0 amide bonds. The minimum atomic E-state index is -1.43. The number of hydrogen-bond acceptors (Lipinski definition) is 3. The quantitative estimate of drug-likeness (QED) is 0.571. The molecule has 3 aromatic carbocycles. The Morgan fingerprint density at radius 3 is 2.29 bits per heavy atom. The van der Waals surface area contributed by atoms with Crippen molar-refractivity contribution in [1.29, 1.82) is 0 Å². The van der Waals surface area contributed by atoms with Gasteiger partial charge >= 0.3 is 7.12 Å². The highest BCUT2D eigenvalue weighted by Crippen LogP contribution is 2.39. The van der Waals surface area contributed by atoms with E-state index in [1.807, 2.05) is 30.3 Å². The van der Waals surface area contributed by atoms with Crippen molar-refractivity contribution in [3.63, 3.8) is 0 Å². The molecule has 118 valence electrons. The number of fused-ring (bicyclic) bond motifs is 3. The molecule has 24 heavy (non-hydrogen) atoms. The molecule has 4 heteroatoms. The van der Waals surface area contributed by atoms with E-state index < -0.39 is 7.12 Å². The summed E-state index contributed by atoms with van der Waals surface area (Å²) >= 11 is 0. The van der Waals surface area contributed by atoms with E-state index in [-0.39, 0.29) is 0 Å². The molecular weight excluding hydrogens is 299 g/mol. The van der Waals surface area contributed by atoms with Crippen LogP contribution in [0.25, 0.3) is 22.3 Å². The Hall–Kier alpha value is -2.56. The average molecular weight is 316 g/mol. The lowest BCUT2D eigenvalue weighted by atomic mass is 9.79. The molecule has 0 atom stereocenters. The van der Waals surface area contributed by atoms with Crippen molar-refractivity contribution in [2.24, 2.45) is 0 Å². The first-order valence-electron chi connectivity index (χ1n) is 7.93. The van der Waals surface area contributed by atoms with Crippen LogP contribution < -0.4 is 10.2 Å². The van der Waals surface area contributed by atoms with Crippen molar-refractivity contribution < 1.29 is 14.8 Å². The number of hydrogen-bond donors (Lipinski definition) is 2. The number of methoxy groups -OCH3 is 1. The van der Waals surface area contributed by atoms with E-state index in [9.17, 15) is 10.0 Å². The van der Waals surface area contributed by atoms with Crippen molar-refractivity contribution in [2.75, 3.05) is 7.11 Å². The highest BCUT2D eigenvalue weighted by molar-refractivity contribution is 6.58. The largest absolute Gasteiger partial charge is 0.496 e. The zero-order chi connectivity index (χ0) is 16.7. The molecule has 0 aliphatic heterocycles. The van der Waals surface area contributed by atoms with Gasteiger partial charge in [-0.3, -0.25) is 0 Å². The van der Waals surface area contributed by atoms with E-state index in [1.165, 1.54) is 16.7 Å². The second-order valence-corrected chi connectivity index (χ2v) is 6.04. The first-order valence-corrected chi connectivity index (χ1v) is 7.93. The van der Waals surface area contributed by atoms with Crippen molar-refractivity contribution in [3.05, 3.63) is 71.8 Å². The maximum absolute atomic E-state index is 9.36. The lowest BCUT2D eigenvalue weighted by Gasteiger charge is -2.10. The summed E-state index contributed by atoms with van der Waals surface area (Å²) in [7, 11) is 0.257. The zero-order valence-corrected chi connectivity index (χ0v) is 13.4. The monoisotopic (exact) mass is 316 g/mol. The Labute approximate surface area is 141 Å². The molecule has 0 bridgehead atoms. The van der Waals surface area contributed by atoms with Crippen molar-refractivity contribution >= 4 is 12.6 Å². The summed E-state index contributed by atoms with van der Waals surface area (Å²) in [4.78, 5) is 0. The molecule has 1 aliphatic carbocycles. The van der Waals surface area contributed by atoms with Gasteiger partial charge in [0, 0.05) is 5.56 Å². The van der Waals surface area contributed by atoms with Gasteiger partial charge in [-0.2, -0.15) is 0 Å². The van der Waals surface area contributed by atoms with Crippen LogP contribution in [-0.2, 0) is 6.42 Å². The van der Waals surface area contributed by atoms with Crippen molar-refractivity contribution in [2.45, 2.75) is 6.42 Å². The van der Waals surface area contributed by atoms with Crippen LogP contribution in [-0.4, -0.2) is 24.3 Å². The summed E-state index contributed by atoms with van der Waals surface area (Å²) in [5.74, 6) is 0.860. The molecule has 0 aromatic heterocycles. The average Bonchev–Trinajstić information content (AvgIpc) is 2.98.